The SMILES string of the molecule is CC.CC(C)c1ccccc1.CCc1ccc(C(=O)NC)cc1. The highest BCUT2D eigenvalue weighted by molar-refractivity contribution is 5.93. The van der Waals surface area contributed by atoms with E-state index in [2.05, 4.69) is 50.4 Å². The molecule has 0 fully saturated rings. The van der Waals surface area contributed by atoms with E-state index in [0.29, 0.717) is 5.92 Å². The van der Waals surface area contributed by atoms with Crippen LogP contribution in [0, 0.1) is 0 Å². The van der Waals surface area contributed by atoms with Crippen LogP contribution in [0.3, 0.4) is 0 Å². The smallest absolute Gasteiger partial charge is 0.251 e. The lowest BCUT2D eigenvalue weighted by molar-refractivity contribution is 0.0963. The van der Waals surface area contributed by atoms with Gasteiger partial charge in [-0.15, -0.1) is 0 Å². The Morgan fingerprint density at radius 3 is 1.83 bits per heavy atom. The molecule has 1 amide bonds. The van der Waals surface area contributed by atoms with Crippen LogP contribution in [0.1, 0.15) is 62.0 Å². The largest absolute Gasteiger partial charge is 0.355 e. The fourth-order valence-electron chi connectivity index (χ4n) is 1.87. The van der Waals surface area contributed by atoms with Crippen molar-refractivity contribution in [3.8, 4) is 0 Å². The number of amides is 1. The molecule has 0 aromatic heterocycles. The zero-order chi connectivity index (χ0) is 17.7. The average molecular weight is 313 g/mol. The van der Waals surface area contributed by atoms with E-state index in [1.807, 2.05) is 44.2 Å². The quantitative estimate of drug-likeness (QED) is 0.802. The average Bonchev–Trinajstić information content (AvgIpc) is 2.64. The summed E-state index contributed by atoms with van der Waals surface area (Å²) in [5, 5.41) is 2.58. The first kappa shape index (κ1) is 20.9. The van der Waals surface area contributed by atoms with Crippen molar-refractivity contribution in [3.63, 3.8) is 0 Å². The Balaban J connectivity index is 0.000000392. The van der Waals surface area contributed by atoms with Crippen LogP contribution in [0.2, 0.25) is 0 Å². The Labute approximate surface area is 141 Å². The van der Waals surface area contributed by atoms with E-state index in [4.69, 9.17) is 0 Å². The van der Waals surface area contributed by atoms with Crippen LogP contribution in [0.25, 0.3) is 0 Å². The molecular weight excluding hydrogens is 282 g/mol. The van der Waals surface area contributed by atoms with Crippen LogP contribution in [-0.2, 0) is 6.42 Å². The Morgan fingerprint density at radius 1 is 0.957 bits per heavy atom. The Bertz CT molecular complexity index is 530. The monoisotopic (exact) mass is 313 g/mol. The van der Waals surface area contributed by atoms with E-state index in [1.165, 1.54) is 11.1 Å². The van der Waals surface area contributed by atoms with Crippen LogP contribution in [0.4, 0.5) is 0 Å². The minimum atomic E-state index is -0.0300. The summed E-state index contributed by atoms with van der Waals surface area (Å²) in [4.78, 5) is 11.1. The predicted molar refractivity (Wildman–Crippen MR) is 101 cm³/mol. The van der Waals surface area contributed by atoms with Crippen molar-refractivity contribution in [2.45, 2.75) is 47.0 Å². The van der Waals surface area contributed by atoms with Crippen molar-refractivity contribution in [2.75, 3.05) is 7.05 Å². The molecule has 126 valence electrons. The predicted octanol–water partition coefficient (Wildman–Crippen LogP) is 5.44. The van der Waals surface area contributed by atoms with Gasteiger partial charge in [-0.1, -0.05) is 77.1 Å². The maximum atomic E-state index is 11.1. The summed E-state index contributed by atoms with van der Waals surface area (Å²) in [6, 6.07) is 18.2. The number of aryl methyl sites for hydroxylation is 1. The van der Waals surface area contributed by atoms with Crippen molar-refractivity contribution < 1.29 is 4.79 Å². The maximum absolute atomic E-state index is 11.1. The fourth-order valence-corrected chi connectivity index (χ4v) is 1.87. The topological polar surface area (TPSA) is 29.1 Å². The third-order valence-corrected chi connectivity index (χ3v) is 3.32. The summed E-state index contributed by atoms with van der Waals surface area (Å²) < 4.78 is 0. The van der Waals surface area contributed by atoms with Gasteiger partial charge >= 0.3 is 0 Å². The Kier molecular flexibility index (Phi) is 11.3. The first-order chi connectivity index (χ1) is 11.1. The summed E-state index contributed by atoms with van der Waals surface area (Å²) >= 11 is 0. The van der Waals surface area contributed by atoms with Gasteiger partial charge in [-0.2, -0.15) is 0 Å². The third kappa shape index (κ3) is 8.20. The first-order valence-electron chi connectivity index (χ1n) is 8.44. The van der Waals surface area contributed by atoms with Gasteiger partial charge in [0.05, 0.1) is 0 Å². The lowest BCUT2D eigenvalue weighted by Gasteiger charge is -2.01. The molecule has 2 rings (SSSR count). The molecule has 0 saturated heterocycles. The highest BCUT2D eigenvalue weighted by atomic mass is 16.1. The van der Waals surface area contributed by atoms with Crippen molar-refractivity contribution in [3.05, 3.63) is 71.3 Å². The number of rotatable bonds is 3. The second kappa shape index (κ2) is 12.5. The van der Waals surface area contributed by atoms with E-state index in [0.717, 1.165) is 12.0 Å². The first-order valence-corrected chi connectivity index (χ1v) is 8.44. The molecule has 0 atom stereocenters. The molecule has 0 heterocycles. The number of hydrogen-bond donors (Lipinski definition) is 1. The van der Waals surface area contributed by atoms with Gasteiger partial charge in [0.25, 0.3) is 5.91 Å². The molecule has 2 aromatic rings. The second-order valence-electron chi connectivity index (χ2n) is 5.19. The van der Waals surface area contributed by atoms with Gasteiger partial charge in [0.1, 0.15) is 0 Å². The van der Waals surface area contributed by atoms with E-state index in [1.54, 1.807) is 7.05 Å². The molecule has 1 N–H and O–H groups in total. The summed E-state index contributed by atoms with van der Waals surface area (Å²) in [5.74, 6) is 0.629. The van der Waals surface area contributed by atoms with Crippen LogP contribution >= 0.6 is 0 Å². The number of carbonyl (C=O) groups excluding carboxylic acids is 1. The molecule has 2 nitrogen and oxygen atoms in total. The molecule has 0 spiro atoms. The van der Waals surface area contributed by atoms with Crippen molar-refractivity contribution in [1.82, 2.24) is 5.32 Å². The minimum Gasteiger partial charge on any atom is -0.355 e. The van der Waals surface area contributed by atoms with Gasteiger partial charge in [0.15, 0.2) is 0 Å². The molecule has 0 bridgehead atoms. The van der Waals surface area contributed by atoms with E-state index in [-0.39, 0.29) is 5.91 Å². The third-order valence-electron chi connectivity index (χ3n) is 3.32. The Morgan fingerprint density at radius 2 is 1.48 bits per heavy atom. The minimum absolute atomic E-state index is 0.0300. The molecule has 0 unspecified atom stereocenters. The van der Waals surface area contributed by atoms with Gasteiger partial charge in [0, 0.05) is 12.6 Å². The van der Waals surface area contributed by atoms with Gasteiger partial charge in [0.2, 0.25) is 0 Å². The zero-order valence-electron chi connectivity index (χ0n) is 15.4. The number of carbonyl (C=O) groups is 1. The van der Waals surface area contributed by atoms with Gasteiger partial charge in [-0.05, 0) is 35.6 Å². The van der Waals surface area contributed by atoms with Crippen LogP contribution < -0.4 is 5.32 Å². The van der Waals surface area contributed by atoms with Crippen molar-refractivity contribution in [2.24, 2.45) is 0 Å². The maximum Gasteiger partial charge on any atom is 0.251 e. The Hall–Kier alpha value is -2.09. The van der Waals surface area contributed by atoms with Crippen LogP contribution in [-0.4, -0.2) is 13.0 Å². The van der Waals surface area contributed by atoms with Crippen molar-refractivity contribution >= 4 is 5.91 Å². The molecule has 2 aromatic carbocycles. The molecule has 0 saturated carbocycles. The summed E-state index contributed by atoms with van der Waals surface area (Å²) in [5.41, 5.74) is 3.38. The highest BCUT2D eigenvalue weighted by Crippen LogP contribution is 2.11. The standard InChI is InChI=1S/C10H13NO.C9H12.C2H6/c1-3-8-4-6-9(7-5-8)10(12)11-2;1-8(2)9-6-4-3-5-7-9;1-2/h4-7H,3H2,1-2H3,(H,11,12);3-8H,1-2H3;1-2H3. The summed E-state index contributed by atoms with van der Waals surface area (Å²) in [7, 11) is 1.63. The highest BCUT2D eigenvalue weighted by Gasteiger charge is 2.00. The number of benzene rings is 2. The molecule has 0 aliphatic rings. The number of hydrogen-bond acceptors (Lipinski definition) is 1. The fraction of sp³-hybridized carbons (Fsp3) is 0.381. The van der Waals surface area contributed by atoms with Gasteiger partial charge in [-0.3, -0.25) is 4.79 Å². The summed E-state index contributed by atoms with van der Waals surface area (Å²) in [6.45, 7) is 10.5. The molecule has 23 heavy (non-hydrogen) atoms. The lowest BCUT2D eigenvalue weighted by atomic mass is 10.0. The van der Waals surface area contributed by atoms with Gasteiger partial charge in [-0.25, -0.2) is 0 Å². The van der Waals surface area contributed by atoms with E-state index < -0.39 is 0 Å². The van der Waals surface area contributed by atoms with Gasteiger partial charge < -0.3 is 5.32 Å². The summed E-state index contributed by atoms with van der Waals surface area (Å²) in [6.07, 6.45) is 1.01. The van der Waals surface area contributed by atoms with Crippen LogP contribution in [0.15, 0.2) is 54.6 Å². The molecule has 0 radical (unpaired) electrons. The van der Waals surface area contributed by atoms with E-state index >= 15 is 0 Å². The van der Waals surface area contributed by atoms with Crippen LogP contribution in [0.5, 0.6) is 0 Å². The molecular formula is C21H31NO. The zero-order valence-corrected chi connectivity index (χ0v) is 15.4. The lowest BCUT2D eigenvalue weighted by Crippen LogP contribution is -2.17. The van der Waals surface area contributed by atoms with Crippen molar-refractivity contribution in [1.29, 1.82) is 0 Å². The second-order valence-corrected chi connectivity index (χ2v) is 5.19. The van der Waals surface area contributed by atoms with E-state index in [9.17, 15) is 4.79 Å². The normalized spacial score (nSPS) is 9.17. The molecule has 0 aliphatic carbocycles. The number of nitrogens with one attached hydrogen (secondary N) is 1. The molecule has 0 aliphatic heterocycles. The molecule has 2 heteroatoms.